The highest BCUT2D eigenvalue weighted by molar-refractivity contribution is 7.11. The zero-order valence-electron chi connectivity index (χ0n) is 7.10. The van der Waals surface area contributed by atoms with Gasteiger partial charge in [-0.2, -0.15) is 0 Å². The van der Waals surface area contributed by atoms with Gasteiger partial charge in [0.1, 0.15) is 16.1 Å². The van der Waals surface area contributed by atoms with E-state index in [1.165, 1.54) is 0 Å². The minimum Gasteiger partial charge on any atom is -0.316 e. The Morgan fingerprint density at radius 3 is 2.77 bits per heavy atom. The molecule has 5 heteroatoms. The number of aryl methyl sites for hydroxylation is 1. The number of thiazole rings is 2. The maximum Gasteiger partial charge on any atom is 0.117 e. The van der Waals surface area contributed by atoms with Crippen LogP contribution in [0.25, 0.3) is 0 Å². The van der Waals surface area contributed by atoms with E-state index in [-0.39, 0.29) is 6.04 Å². The highest BCUT2D eigenvalue weighted by atomic mass is 32.1. The fraction of sp³-hybridized carbons (Fsp3) is 0.250. The molecule has 0 aliphatic carbocycles. The molecule has 2 rings (SSSR count). The minimum absolute atomic E-state index is 0.154. The first-order valence-electron chi connectivity index (χ1n) is 3.84. The second-order valence-corrected chi connectivity index (χ2v) is 4.49. The van der Waals surface area contributed by atoms with E-state index in [1.54, 1.807) is 28.9 Å². The molecule has 13 heavy (non-hydrogen) atoms. The van der Waals surface area contributed by atoms with Crippen molar-refractivity contribution in [3.05, 3.63) is 32.7 Å². The third-order valence-electron chi connectivity index (χ3n) is 1.62. The molecule has 0 aromatic carbocycles. The lowest BCUT2D eigenvalue weighted by Crippen LogP contribution is -2.10. The van der Waals surface area contributed by atoms with Crippen LogP contribution in [0.1, 0.15) is 21.8 Å². The molecule has 0 spiro atoms. The third-order valence-corrected chi connectivity index (χ3v) is 3.52. The quantitative estimate of drug-likeness (QED) is 0.826. The van der Waals surface area contributed by atoms with Gasteiger partial charge in [-0.15, -0.1) is 22.7 Å². The van der Waals surface area contributed by atoms with Crippen molar-refractivity contribution in [1.82, 2.24) is 9.97 Å². The van der Waals surface area contributed by atoms with Crippen LogP contribution in [0.4, 0.5) is 0 Å². The van der Waals surface area contributed by atoms with Gasteiger partial charge in [-0.3, -0.25) is 0 Å². The lowest BCUT2D eigenvalue weighted by atomic mass is 10.3. The second kappa shape index (κ2) is 3.53. The molecule has 1 unspecified atom stereocenters. The molecule has 2 heterocycles. The Bertz CT molecular complexity index is 380. The summed E-state index contributed by atoms with van der Waals surface area (Å²) in [5.41, 5.74) is 6.99. The van der Waals surface area contributed by atoms with Gasteiger partial charge in [0.05, 0.1) is 0 Å². The molecule has 2 N–H and O–H groups in total. The number of hydrogen-bond acceptors (Lipinski definition) is 5. The van der Waals surface area contributed by atoms with E-state index >= 15 is 0 Å². The summed E-state index contributed by atoms with van der Waals surface area (Å²) in [4.78, 5) is 8.49. The first-order valence-corrected chi connectivity index (χ1v) is 5.60. The standard InChI is InChI=1S/C8H9N3S2/c1-5-4-13-8(11-5)6(9)7-10-2-3-12-7/h2-4,6H,9H2,1H3. The van der Waals surface area contributed by atoms with Crippen LogP contribution in [-0.4, -0.2) is 9.97 Å². The van der Waals surface area contributed by atoms with Crippen LogP contribution in [0, 0.1) is 6.92 Å². The highest BCUT2D eigenvalue weighted by Gasteiger charge is 2.14. The van der Waals surface area contributed by atoms with Crippen LogP contribution >= 0.6 is 22.7 Å². The number of nitrogens with two attached hydrogens (primary N) is 1. The van der Waals surface area contributed by atoms with E-state index in [1.807, 2.05) is 17.7 Å². The molecular formula is C8H9N3S2. The van der Waals surface area contributed by atoms with E-state index in [4.69, 9.17) is 5.73 Å². The summed E-state index contributed by atoms with van der Waals surface area (Å²) >= 11 is 3.15. The minimum atomic E-state index is -0.154. The average molecular weight is 211 g/mol. The van der Waals surface area contributed by atoms with Crippen molar-refractivity contribution in [2.24, 2.45) is 5.73 Å². The Morgan fingerprint density at radius 1 is 1.38 bits per heavy atom. The van der Waals surface area contributed by atoms with Gasteiger partial charge in [-0.05, 0) is 6.92 Å². The summed E-state index contributed by atoms with van der Waals surface area (Å²) in [5.74, 6) is 0. The van der Waals surface area contributed by atoms with E-state index in [2.05, 4.69) is 9.97 Å². The fourth-order valence-electron chi connectivity index (χ4n) is 1.01. The number of hydrogen-bond donors (Lipinski definition) is 1. The fourth-order valence-corrected chi connectivity index (χ4v) is 2.52. The Kier molecular flexibility index (Phi) is 2.39. The molecule has 2 aromatic heterocycles. The van der Waals surface area contributed by atoms with Crippen LogP contribution in [0.2, 0.25) is 0 Å². The predicted molar refractivity (Wildman–Crippen MR) is 55.0 cm³/mol. The second-order valence-electron chi connectivity index (χ2n) is 2.68. The number of rotatable bonds is 2. The molecule has 0 aliphatic rings. The van der Waals surface area contributed by atoms with Crippen LogP contribution in [0.5, 0.6) is 0 Å². The molecule has 0 amide bonds. The largest absolute Gasteiger partial charge is 0.316 e. The topological polar surface area (TPSA) is 51.8 Å². The molecule has 0 bridgehead atoms. The van der Waals surface area contributed by atoms with Gasteiger partial charge in [0.15, 0.2) is 0 Å². The van der Waals surface area contributed by atoms with Gasteiger partial charge in [0.2, 0.25) is 0 Å². The van der Waals surface area contributed by atoms with Crippen LogP contribution in [0.3, 0.4) is 0 Å². The highest BCUT2D eigenvalue weighted by Crippen LogP contribution is 2.23. The number of aromatic nitrogens is 2. The first-order chi connectivity index (χ1) is 6.27. The normalized spacial score (nSPS) is 13.1. The third kappa shape index (κ3) is 1.77. The van der Waals surface area contributed by atoms with Gasteiger partial charge in [-0.25, -0.2) is 9.97 Å². The Morgan fingerprint density at radius 2 is 2.23 bits per heavy atom. The van der Waals surface area contributed by atoms with Crippen LogP contribution < -0.4 is 5.73 Å². The van der Waals surface area contributed by atoms with E-state index in [0.29, 0.717) is 0 Å². The Balaban J connectivity index is 2.28. The lowest BCUT2D eigenvalue weighted by Gasteiger charge is -2.02. The Hall–Kier alpha value is -0.780. The van der Waals surface area contributed by atoms with E-state index in [9.17, 15) is 0 Å². The first kappa shape index (κ1) is 8.80. The van der Waals surface area contributed by atoms with Crippen molar-refractivity contribution in [3.8, 4) is 0 Å². The summed E-state index contributed by atoms with van der Waals surface area (Å²) in [7, 11) is 0. The van der Waals surface area contributed by atoms with Gasteiger partial charge < -0.3 is 5.73 Å². The van der Waals surface area contributed by atoms with Crippen molar-refractivity contribution in [2.45, 2.75) is 13.0 Å². The molecule has 3 nitrogen and oxygen atoms in total. The summed E-state index contributed by atoms with van der Waals surface area (Å²) in [5, 5.41) is 5.79. The summed E-state index contributed by atoms with van der Waals surface area (Å²) in [6, 6.07) is -0.154. The molecule has 0 aliphatic heterocycles. The van der Waals surface area contributed by atoms with Gasteiger partial charge >= 0.3 is 0 Å². The van der Waals surface area contributed by atoms with Crippen molar-refractivity contribution >= 4 is 22.7 Å². The Labute approximate surface area is 84.3 Å². The van der Waals surface area contributed by atoms with Crippen molar-refractivity contribution < 1.29 is 0 Å². The van der Waals surface area contributed by atoms with Gasteiger partial charge in [0.25, 0.3) is 0 Å². The molecule has 0 saturated heterocycles. The zero-order chi connectivity index (χ0) is 9.26. The van der Waals surface area contributed by atoms with Crippen molar-refractivity contribution in [2.75, 3.05) is 0 Å². The summed E-state index contributed by atoms with van der Waals surface area (Å²) in [6.45, 7) is 1.97. The SMILES string of the molecule is Cc1csc(C(N)c2nccs2)n1. The number of nitrogens with zero attached hydrogens (tertiary/aromatic N) is 2. The zero-order valence-corrected chi connectivity index (χ0v) is 8.73. The maximum atomic E-state index is 5.97. The smallest absolute Gasteiger partial charge is 0.117 e. The monoisotopic (exact) mass is 211 g/mol. The molecular weight excluding hydrogens is 202 g/mol. The van der Waals surface area contributed by atoms with Crippen LogP contribution in [0.15, 0.2) is 17.0 Å². The molecule has 0 saturated carbocycles. The van der Waals surface area contributed by atoms with Gasteiger partial charge in [0, 0.05) is 22.7 Å². The summed E-state index contributed by atoms with van der Waals surface area (Å²) in [6.07, 6.45) is 1.76. The van der Waals surface area contributed by atoms with Crippen molar-refractivity contribution in [3.63, 3.8) is 0 Å². The maximum absolute atomic E-state index is 5.97. The van der Waals surface area contributed by atoms with Crippen molar-refractivity contribution in [1.29, 1.82) is 0 Å². The van der Waals surface area contributed by atoms with E-state index in [0.717, 1.165) is 15.7 Å². The van der Waals surface area contributed by atoms with E-state index < -0.39 is 0 Å². The van der Waals surface area contributed by atoms with Crippen LogP contribution in [-0.2, 0) is 0 Å². The predicted octanol–water partition coefficient (Wildman–Crippen LogP) is 1.96. The van der Waals surface area contributed by atoms with Gasteiger partial charge in [-0.1, -0.05) is 0 Å². The molecule has 68 valence electrons. The lowest BCUT2D eigenvalue weighted by molar-refractivity contribution is 0.840. The molecule has 0 fully saturated rings. The molecule has 1 atom stereocenters. The average Bonchev–Trinajstić information content (AvgIpc) is 2.72. The molecule has 0 radical (unpaired) electrons. The summed E-state index contributed by atoms with van der Waals surface area (Å²) < 4.78 is 0. The molecule has 2 aromatic rings.